The van der Waals surface area contributed by atoms with E-state index in [0.29, 0.717) is 19.0 Å². The van der Waals surface area contributed by atoms with Crippen LogP contribution in [0.1, 0.15) is 50.7 Å². The maximum atomic E-state index is 12.6. The minimum atomic E-state index is 0. The Morgan fingerprint density at radius 3 is 2.52 bits per heavy atom. The third-order valence-corrected chi connectivity index (χ3v) is 6.06. The normalized spacial score (nSPS) is 18.7. The molecule has 1 atom stereocenters. The van der Waals surface area contributed by atoms with Crippen molar-refractivity contribution in [3.05, 3.63) is 23.3 Å². The number of nitrogens with zero attached hydrogens (tertiary/aromatic N) is 3. The van der Waals surface area contributed by atoms with E-state index in [1.165, 1.54) is 17.5 Å². The van der Waals surface area contributed by atoms with Gasteiger partial charge in [0.15, 0.2) is 17.5 Å². The second-order valence-corrected chi connectivity index (χ2v) is 8.07. The zero-order chi connectivity index (χ0) is 21.5. The van der Waals surface area contributed by atoms with Gasteiger partial charge >= 0.3 is 0 Å². The number of carbonyl (C=O) groups is 1. The SMILES string of the molecule is CCNC(=NCCC(=O)N1CCCCC1C)N1CCc2cc(OC)c(OC)cc2C1.I. The van der Waals surface area contributed by atoms with Gasteiger partial charge in [-0.25, -0.2) is 0 Å². The third kappa shape index (κ3) is 6.40. The zero-order valence-corrected chi connectivity index (χ0v) is 21.6. The summed E-state index contributed by atoms with van der Waals surface area (Å²) in [4.78, 5) is 21.7. The number of amides is 1. The first-order chi connectivity index (χ1) is 14.6. The number of rotatable bonds is 6. The summed E-state index contributed by atoms with van der Waals surface area (Å²) in [5.41, 5.74) is 2.51. The highest BCUT2D eigenvalue weighted by molar-refractivity contribution is 14.0. The number of benzene rings is 1. The minimum Gasteiger partial charge on any atom is -0.493 e. The molecule has 1 fully saturated rings. The highest BCUT2D eigenvalue weighted by Gasteiger charge is 2.24. The molecule has 3 rings (SSSR count). The number of guanidine groups is 1. The summed E-state index contributed by atoms with van der Waals surface area (Å²) < 4.78 is 10.9. The smallest absolute Gasteiger partial charge is 0.224 e. The first-order valence-corrected chi connectivity index (χ1v) is 11.1. The lowest BCUT2D eigenvalue weighted by Crippen LogP contribution is -2.44. The summed E-state index contributed by atoms with van der Waals surface area (Å²) in [6.07, 6.45) is 4.84. The Morgan fingerprint density at radius 1 is 1.16 bits per heavy atom. The number of aliphatic imine (C=N–C) groups is 1. The lowest BCUT2D eigenvalue weighted by molar-refractivity contribution is -0.134. The Bertz CT molecular complexity index is 771. The number of methoxy groups -OCH3 is 2. The molecular weight excluding hydrogens is 507 g/mol. The fraction of sp³-hybridized carbons (Fsp3) is 0.652. The number of piperidine rings is 1. The molecule has 2 aliphatic heterocycles. The van der Waals surface area contributed by atoms with Gasteiger partial charge in [0.2, 0.25) is 5.91 Å². The Kier molecular flexibility index (Phi) is 10.2. The van der Waals surface area contributed by atoms with Gasteiger partial charge in [0.1, 0.15) is 0 Å². The molecular formula is C23H37IN4O3. The van der Waals surface area contributed by atoms with Gasteiger partial charge in [-0.1, -0.05) is 0 Å². The molecule has 0 aromatic heterocycles. The van der Waals surface area contributed by atoms with Crippen molar-refractivity contribution < 1.29 is 14.3 Å². The summed E-state index contributed by atoms with van der Waals surface area (Å²) in [5, 5.41) is 3.39. The van der Waals surface area contributed by atoms with Gasteiger partial charge in [-0.2, -0.15) is 0 Å². The summed E-state index contributed by atoms with van der Waals surface area (Å²) in [7, 11) is 3.33. The van der Waals surface area contributed by atoms with Gasteiger partial charge in [-0.3, -0.25) is 9.79 Å². The molecule has 1 saturated heterocycles. The zero-order valence-electron chi connectivity index (χ0n) is 19.3. The molecule has 1 unspecified atom stereocenters. The number of carbonyl (C=O) groups excluding carboxylic acids is 1. The predicted octanol–water partition coefficient (Wildman–Crippen LogP) is 3.44. The summed E-state index contributed by atoms with van der Waals surface area (Å²) in [6.45, 7) is 8.06. The lowest BCUT2D eigenvalue weighted by Gasteiger charge is -2.33. The maximum absolute atomic E-state index is 12.6. The number of nitrogens with one attached hydrogen (secondary N) is 1. The molecule has 0 saturated carbocycles. The van der Waals surface area contributed by atoms with Crippen molar-refractivity contribution in [3.63, 3.8) is 0 Å². The molecule has 1 N–H and O–H groups in total. The predicted molar refractivity (Wildman–Crippen MR) is 135 cm³/mol. The lowest BCUT2D eigenvalue weighted by atomic mass is 9.99. The van der Waals surface area contributed by atoms with E-state index in [2.05, 4.69) is 36.2 Å². The van der Waals surface area contributed by atoms with E-state index in [-0.39, 0.29) is 29.9 Å². The Hall–Kier alpha value is -1.71. The Labute approximate surface area is 203 Å². The number of hydrogen-bond donors (Lipinski definition) is 1. The fourth-order valence-electron chi connectivity index (χ4n) is 4.36. The van der Waals surface area contributed by atoms with Crippen LogP contribution in [0.2, 0.25) is 0 Å². The molecule has 8 heteroatoms. The van der Waals surface area contributed by atoms with E-state index in [0.717, 1.165) is 62.9 Å². The van der Waals surface area contributed by atoms with Crippen molar-refractivity contribution >= 4 is 35.8 Å². The largest absolute Gasteiger partial charge is 0.493 e. The molecule has 1 amide bonds. The number of likely N-dealkylation sites (tertiary alicyclic amines) is 1. The molecule has 2 heterocycles. The van der Waals surface area contributed by atoms with E-state index < -0.39 is 0 Å². The summed E-state index contributed by atoms with van der Waals surface area (Å²) in [6, 6.07) is 4.49. The third-order valence-electron chi connectivity index (χ3n) is 6.06. The van der Waals surface area contributed by atoms with Crippen molar-refractivity contribution in [2.24, 2.45) is 4.99 Å². The van der Waals surface area contributed by atoms with E-state index in [4.69, 9.17) is 14.5 Å². The molecule has 174 valence electrons. The molecule has 0 radical (unpaired) electrons. The molecule has 2 aliphatic rings. The topological polar surface area (TPSA) is 66.4 Å². The van der Waals surface area contributed by atoms with Crippen LogP contribution in [-0.4, -0.2) is 68.1 Å². The second-order valence-electron chi connectivity index (χ2n) is 8.07. The Balaban J connectivity index is 0.00000341. The summed E-state index contributed by atoms with van der Waals surface area (Å²) in [5.74, 6) is 2.62. The van der Waals surface area contributed by atoms with Gasteiger partial charge in [-0.05, 0) is 62.8 Å². The number of ether oxygens (including phenoxy) is 2. The van der Waals surface area contributed by atoms with Crippen LogP contribution >= 0.6 is 24.0 Å². The van der Waals surface area contributed by atoms with Gasteiger partial charge in [-0.15, -0.1) is 24.0 Å². The summed E-state index contributed by atoms with van der Waals surface area (Å²) >= 11 is 0. The molecule has 1 aromatic rings. The van der Waals surface area contributed by atoms with E-state index in [1.807, 2.05) is 4.90 Å². The quantitative estimate of drug-likeness (QED) is 0.338. The average molecular weight is 544 g/mol. The van der Waals surface area contributed by atoms with Crippen molar-refractivity contribution in [1.82, 2.24) is 15.1 Å². The van der Waals surface area contributed by atoms with Crippen molar-refractivity contribution in [2.45, 2.75) is 58.5 Å². The van der Waals surface area contributed by atoms with Crippen LogP contribution in [0.25, 0.3) is 0 Å². The van der Waals surface area contributed by atoms with Gasteiger partial charge in [0, 0.05) is 38.6 Å². The molecule has 1 aromatic carbocycles. The highest BCUT2D eigenvalue weighted by Crippen LogP contribution is 2.33. The van der Waals surface area contributed by atoms with Crippen LogP contribution in [0, 0.1) is 0 Å². The van der Waals surface area contributed by atoms with Crippen LogP contribution in [0.4, 0.5) is 0 Å². The Morgan fingerprint density at radius 2 is 1.87 bits per heavy atom. The highest BCUT2D eigenvalue weighted by atomic mass is 127. The number of fused-ring (bicyclic) bond motifs is 1. The van der Waals surface area contributed by atoms with Crippen LogP contribution in [0.15, 0.2) is 17.1 Å². The van der Waals surface area contributed by atoms with Gasteiger partial charge < -0.3 is 24.6 Å². The van der Waals surface area contributed by atoms with E-state index in [1.54, 1.807) is 14.2 Å². The number of hydrogen-bond acceptors (Lipinski definition) is 4. The first-order valence-electron chi connectivity index (χ1n) is 11.1. The van der Waals surface area contributed by atoms with Crippen molar-refractivity contribution in [2.75, 3.05) is 40.4 Å². The van der Waals surface area contributed by atoms with Crippen LogP contribution in [-0.2, 0) is 17.8 Å². The maximum Gasteiger partial charge on any atom is 0.224 e. The molecule has 0 aliphatic carbocycles. The molecule has 0 spiro atoms. The van der Waals surface area contributed by atoms with Crippen molar-refractivity contribution in [3.8, 4) is 11.5 Å². The van der Waals surface area contributed by atoms with Crippen LogP contribution < -0.4 is 14.8 Å². The number of halogens is 1. The van der Waals surface area contributed by atoms with Crippen LogP contribution in [0.5, 0.6) is 11.5 Å². The molecule has 31 heavy (non-hydrogen) atoms. The standard InChI is InChI=1S/C23H36N4O3.HI/c1-5-24-23(25-11-9-22(28)27-12-7-6-8-17(27)2)26-13-10-18-14-20(29-3)21(30-4)15-19(18)16-26;/h14-15,17H,5-13,16H2,1-4H3,(H,24,25);1H. The molecule has 7 nitrogen and oxygen atoms in total. The van der Waals surface area contributed by atoms with Crippen molar-refractivity contribution in [1.29, 1.82) is 0 Å². The minimum absolute atomic E-state index is 0. The van der Waals surface area contributed by atoms with Gasteiger partial charge in [0.05, 0.1) is 20.8 Å². The van der Waals surface area contributed by atoms with Crippen LogP contribution in [0.3, 0.4) is 0 Å². The second kappa shape index (κ2) is 12.4. The fourth-order valence-corrected chi connectivity index (χ4v) is 4.36. The van der Waals surface area contributed by atoms with Gasteiger partial charge in [0.25, 0.3) is 0 Å². The van der Waals surface area contributed by atoms with E-state index >= 15 is 0 Å². The first kappa shape index (κ1) is 25.5. The monoisotopic (exact) mass is 544 g/mol. The average Bonchev–Trinajstić information content (AvgIpc) is 2.77. The van der Waals surface area contributed by atoms with E-state index in [9.17, 15) is 4.79 Å². The molecule has 0 bridgehead atoms.